The molecule has 2 aromatic rings. The second kappa shape index (κ2) is 16.1. The smallest absolute Gasteiger partial charge is 0.303 e. The SMILES string of the molecule is CN1C(=CC2=C(N3CCC[C@@H]3C(=O)N[C@@H](CSOOO)C(=O)NCCCCC(=O)O)C(=CC3=[N+](C)c4ccccc4C3(C)C)C2=O)C(C)(C)c2ccccc21. The van der Waals surface area contributed by atoms with E-state index in [1.165, 1.54) is 0 Å². The van der Waals surface area contributed by atoms with Gasteiger partial charge in [-0.1, -0.05) is 55.3 Å². The summed E-state index contributed by atoms with van der Waals surface area (Å²) in [6.45, 7) is 9.35. The van der Waals surface area contributed by atoms with Gasteiger partial charge >= 0.3 is 5.97 Å². The van der Waals surface area contributed by atoms with Gasteiger partial charge in [-0.05, 0) is 57.2 Å². The average Bonchev–Trinajstić information content (AvgIpc) is 3.77. The number of nitrogens with one attached hydrogen (secondary N) is 2. The fourth-order valence-corrected chi connectivity index (χ4v) is 8.89. The van der Waals surface area contributed by atoms with Gasteiger partial charge < -0.3 is 25.5 Å². The molecule has 0 bridgehead atoms. The highest BCUT2D eigenvalue weighted by molar-refractivity contribution is 7.94. The maximum Gasteiger partial charge on any atom is 0.303 e. The van der Waals surface area contributed by atoms with Crippen molar-refractivity contribution in [2.45, 2.75) is 82.7 Å². The number of ketones is 1. The number of benzene rings is 2. The molecule has 0 spiro atoms. The van der Waals surface area contributed by atoms with Crippen molar-refractivity contribution in [2.24, 2.45) is 0 Å². The summed E-state index contributed by atoms with van der Waals surface area (Å²) >= 11 is 0.649. The van der Waals surface area contributed by atoms with Crippen molar-refractivity contribution in [1.29, 1.82) is 0 Å². The first-order valence-corrected chi connectivity index (χ1v) is 19.5. The van der Waals surface area contributed by atoms with Crippen LogP contribution in [0.1, 0.15) is 70.9 Å². The molecule has 2 aromatic carbocycles. The molecule has 3 aliphatic heterocycles. The number of hydrogen-bond donors (Lipinski definition) is 4. The summed E-state index contributed by atoms with van der Waals surface area (Å²) in [5, 5.41) is 27.0. The van der Waals surface area contributed by atoms with Crippen LogP contribution in [-0.4, -0.2) is 94.1 Å². The van der Waals surface area contributed by atoms with E-state index >= 15 is 0 Å². The van der Waals surface area contributed by atoms with Gasteiger partial charge in [0, 0.05) is 78.7 Å². The second-order valence-corrected chi connectivity index (χ2v) is 16.2. The van der Waals surface area contributed by atoms with Crippen LogP contribution in [0.15, 0.2) is 83.2 Å². The van der Waals surface area contributed by atoms with Gasteiger partial charge in [-0.25, -0.2) is 5.26 Å². The minimum Gasteiger partial charge on any atom is -0.481 e. The Morgan fingerprint density at radius 3 is 2.44 bits per heavy atom. The fraction of sp³-hybridized carbons (Fsp3) is 0.439. The maximum absolute atomic E-state index is 14.5. The van der Waals surface area contributed by atoms with Crippen LogP contribution in [-0.2, 0) is 39.4 Å². The number of anilines is 1. The van der Waals surface area contributed by atoms with Gasteiger partial charge in [-0.15, -0.1) is 4.33 Å². The highest BCUT2D eigenvalue weighted by Crippen LogP contribution is 2.49. The lowest BCUT2D eigenvalue weighted by Gasteiger charge is -2.37. The predicted octanol–water partition coefficient (Wildman–Crippen LogP) is 5.16. The van der Waals surface area contributed by atoms with Gasteiger partial charge in [0.1, 0.15) is 19.1 Å². The van der Waals surface area contributed by atoms with E-state index < -0.39 is 29.9 Å². The third-order valence-corrected chi connectivity index (χ3v) is 12.0. The number of amides is 2. The fourth-order valence-electron chi connectivity index (χ4n) is 8.42. The van der Waals surface area contributed by atoms with Crippen LogP contribution >= 0.6 is 12.0 Å². The third-order valence-electron chi connectivity index (χ3n) is 11.3. The average molecular weight is 773 g/mol. The van der Waals surface area contributed by atoms with Crippen LogP contribution < -0.4 is 15.5 Å². The van der Waals surface area contributed by atoms with Gasteiger partial charge in [0.15, 0.2) is 11.5 Å². The number of fused-ring (bicyclic) bond motifs is 2. The Kier molecular flexibility index (Phi) is 11.7. The normalized spacial score (nSPS) is 21.6. The Bertz CT molecular complexity index is 2020. The van der Waals surface area contributed by atoms with Gasteiger partial charge in [0.25, 0.3) is 0 Å². The zero-order valence-electron chi connectivity index (χ0n) is 32.2. The zero-order valence-corrected chi connectivity index (χ0v) is 33.0. The molecule has 2 atom stereocenters. The Balaban J connectivity index is 1.35. The molecule has 0 saturated carbocycles. The molecule has 13 nitrogen and oxygen atoms in total. The molecule has 14 heteroatoms. The zero-order chi connectivity index (χ0) is 39.7. The van der Waals surface area contributed by atoms with E-state index in [9.17, 15) is 19.2 Å². The molecule has 3 heterocycles. The highest BCUT2D eigenvalue weighted by atomic mass is 32.2. The van der Waals surface area contributed by atoms with Crippen LogP contribution in [0.5, 0.6) is 0 Å². The van der Waals surface area contributed by atoms with Crippen molar-refractivity contribution in [2.75, 3.05) is 37.8 Å². The maximum atomic E-state index is 14.5. The molecule has 0 unspecified atom stereocenters. The first-order valence-electron chi connectivity index (χ1n) is 18.6. The van der Waals surface area contributed by atoms with Gasteiger partial charge in [0.05, 0.1) is 22.4 Å². The number of carboxylic acid groups (broad SMARTS) is 1. The Morgan fingerprint density at radius 1 is 1.04 bits per heavy atom. The quantitative estimate of drug-likeness (QED) is 0.0473. The van der Waals surface area contributed by atoms with Crippen molar-refractivity contribution in [1.82, 2.24) is 15.5 Å². The van der Waals surface area contributed by atoms with Crippen LogP contribution in [0.2, 0.25) is 0 Å². The van der Waals surface area contributed by atoms with Crippen LogP contribution in [0.3, 0.4) is 0 Å². The largest absolute Gasteiger partial charge is 0.481 e. The van der Waals surface area contributed by atoms with E-state index in [4.69, 9.17) is 10.4 Å². The molecule has 0 aromatic heterocycles. The molecular formula is C41H50N5O8S+. The number of hydrogen-bond acceptors (Lipinski definition) is 10. The molecule has 6 rings (SSSR count). The summed E-state index contributed by atoms with van der Waals surface area (Å²) in [7, 11) is 4.02. The number of para-hydroxylation sites is 2. The molecule has 0 radical (unpaired) electrons. The summed E-state index contributed by atoms with van der Waals surface area (Å²) in [4.78, 5) is 57.0. The number of allylic oxidation sites excluding steroid dienone is 5. The van der Waals surface area contributed by atoms with Crippen molar-refractivity contribution in [3.05, 3.63) is 94.4 Å². The Labute approximate surface area is 325 Å². The molecule has 55 heavy (non-hydrogen) atoms. The van der Waals surface area contributed by atoms with E-state index in [1.807, 2.05) is 55.4 Å². The lowest BCUT2D eigenvalue weighted by atomic mass is 9.76. The van der Waals surface area contributed by atoms with E-state index in [0.29, 0.717) is 61.1 Å². The second-order valence-electron chi connectivity index (χ2n) is 15.4. The number of likely N-dealkylation sites (N-methyl/N-ethyl adjacent to an activating group) is 1. The van der Waals surface area contributed by atoms with Crippen LogP contribution in [0.25, 0.3) is 0 Å². The number of unbranched alkanes of at least 4 members (excludes halogenated alkanes) is 1. The number of carbonyl (C=O) groups excluding carboxylic acids is 3. The monoisotopic (exact) mass is 772 g/mol. The number of likely N-dealkylation sites (tertiary alicyclic amines) is 1. The molecule has 2 amide bonds. The van der Waals surface area contributed by atoms with Gasteiger partial charge in [0.2, 0.25) is 17.5 Å². The minimum atomic E-state index is -1.06. The lowest BCUT2D eigenvalue weighted by molar-refractivity contribution is -0.432. The number of nitrogens with zero attached hydrogens (tertiary/aromatic N) is 3. The molecule has 4 aliphatic rings. The van der Waals surface area contributed by atoms with Crippen molar-refractivity contribution in [3.8, 4) is 0 Å². The van der Waals surface area contributed by atoms with Crippen molar-refractivity contribution < 1.29 is 43.5 Å². The summed E-state index contributed by atoms with van der Waals surface area (Å²) in [6, 6.07) is 14.7. The molecular weight excluding hydrogens is 723 g/mol. The molecule has 1 fully saturated rings. The summed E-state index contributed by atoms with van der Waals surface area (Å²) in [5.41, 5.74) is 7.40. The number of rotatable bonds is 15. The summed E-state index contributed by atoms with van der Waals surface area (Å²) < 4.78 is 6.66. The summed E-state index contributed by atoms with van der Waals surface area (Å²) in [5.74, 6) is -1.97. The number of carbonyl (C=O) groups is 4. The lowest BCUT2D eigenvalue weighted by Crippen LogP contribution is -2.54. The molecule has 1 saturated heterocycles. The Morgan fingerprint density at radius 2 is 1.75 bits per heavy atom. The number of Topliss-reactive ketones (excluding diaryl/α,β-unsaturated/α-hetero) is 1. The van der Waals surface area contributed by atoms with Gasteiger partial charge in [-0.3, -0.25) is 19.2 Å². The number of aliphatic carboxylic acids is 1. The van der Waals surface area contributed by atoms with E-state index in [-0.39, 0.29) is 35.3 Å². The van der Waals surface area contributed by atoms with E-state index in [0.717, 1.165) is 33.9 Å². The first kappa shape index (κ1) is 39.9. The highest BCUT2D eigenvalue weighted by Gasteiger charge is 2.48. The van der Waals surface area contributed by atoms with Crippen LogP contribution in [0.4, 0.5) is 11.4 Å². The first-order chi connectivity index (χ1) is 26.2. The van der Waals surface area contributed by atoms with Crippen molar-refractivity contribution in [3.63, 3.8) is 0 Å². The predicted molar refractivity (Wildman–Crippen MR) is 210 cm³/mol. The van der Waals surface area contributed by atoms with Crippen molar-refractivity contribution >= 4 is 52.7 Å². The molecule has 4 N–H and O–H groups in total. The standard InChI is InChI=1S/C41H49N5O8S/c1-40(2)27-14-7-9-16-30(27)44(5)33(40)22-25-36(26(37(25)49)23-34-41(3,4)28-15-8-10-17-31(28)45(34)6)46-21-13-18-32(46)39(51)43-29(24-55-54-53-52)38(50)42-20-12-11-19-35(47)48/h7-10,14-17,22-23,29,32H,11-13,18-21,24H2,1-6H3,(H3-,42,43,47,48,50,51,52)/p+1/t29-,32+/m0/s1. The third kappa shape index (κ3) is 7.60. The Hall–Kier alpha value is -4.76. The van der Waals surface area contributed by atoms with Gasteiger partial charge in [-0.2, -0.15) is 4.58 Å². The number of carboxylic acids is 1. The van der Waals surface area contributed by atoms with Crippen LogP contribution in [0, 0.1) is 0 Å². The van der Waals surface area contributed by atoms with E-state index in [2.05, 4.69) is 81.4 Å². The molecule has 292 valence electrons. The minimum absolute atomic E-state index is 0.0147. The van der Waals surface area contributed by atoms with E-state index in [1.54, 1.807) is 0 Å². The molecule has 1 aliphatic carbocycles. The topological polar surface area (TPSA) is 161 Å². The summed E-state index contributed by atoms with van der Waals surface area (Å²) in [6.07, 6.45) is 5.97.